The fraction of sp³-hybridized carbons (Fsp3) is 0.524. The number of carbonyl (C=O) groups excluding carboxylic acids is 1. The van der Waals surface area contributed by atoms with Crippen LogP contribution in [0.4, 0.5) is 0 Å². The summed E-state index contributed by atoms with van der Waals surface area (Å²) in [6.07, 6.45) is 13.4. The first-order chi connectivity index (χ1) is 11.3. The maximum absolute atomic E-state index is 11.7. The summed E-state index contributed by atoms with van der Waals surface area (Å²) in [5.41, 5.74) is 4.57. The first kappa shape index (κ1) is 22.6. The molecule has 0 amide bonds. The number of rotatable bonds is 11. The maximum atomic E-state index is 11.7. The first-order valence-electron chi connectivity index (χ1n) is 8.61. The number of hydrogen-bond acceptors (Lipinski definition) is 2. The second-order valence-electron chi connectivity index (χ2n) is 6.61. The molecule has 1 N–H and O–H groups in total. The van der Waals surface area contributed by atoms with Gasteiger partial charge >= 0.3 is 0 Å². The molecule has 3 heteroatoms. The van der Waals surface area contributed by atoms with Gasteiger partial charge in [-0.3, -0.25) is 4.79 Å². The molecule has 0 fully saturated rings. The molecule has 0 rings (SSSR count). The number of Topliss-reactive ketones (excluding diaryl/α,β-unsaturated/α-hetero) is 1. The van der Waals surface area contributed by atoms with Crippen LogP contribution in [0.2, 0.25) is 0 Å². The largest absolute Gasteiger partial charge is 0.305 e. The predicted octanol–water partition coefficient (Wildman–Crippen LogP) is 6.43. The third-order valence-electron chi connectivity index (χ3n) is 3.86. The first-order valence-corrected chi connectivity index (χ1v) is 9.14. The van der Waals surface area contributed by atoms with Crippen LogP contribution in [0, 0.1) is 11.3 Å². The van der Waals surface area contributed by atoms with E-state index in [0.29, 0.717) is 11.5 Å². The smallest absolute Gasteiger partial charge is 0.199 e. The van der Waals surface area contributed by atoms with Crippen LogP contribution in [-0.4, -0.2) is 17.9 Å². The van der Waals surface area contributed by atoms with Crippen molar-refractivity contribution in [3.05, 3.63) is 46.6 Å². The van der Waals surface area contributed by atoms with Crippen molar-refractivity contribution < 1.29 is 4.79 Å². The van der Waals surface area contributed by atoms with E-state index >= 15 is 0 Å². The van der Waals surface area contributed by atoms with Gasteiger partial charge in [-0.25, -0.2) is 0 Å². The Morgan fingerprint density at radius 1 is 0.958 bits per heavy atom. The van der Waals surface area contributed by atoms with Crippen LogP contribution in [0.1, 0.15) is 60.3 Å². The molecular formula is C21H32ClNO. The zero-order valence-electron chi connectivity index (χ0n) is 15.8. The Kier molecular flexibility index (Phi) is 12.2. The molecule has 0 spiro atoms. The van der Waals surface area contributed by atoms with Crippen molar-refractivity contribution in [2.45, 2.75) is 60.3 Å². The second kappa shape index (κ2) is 12.9. The van der Waals surface area contributed by atoms with Crippen molar-refractivity contribution in [1.29, 1.82) is 5.41 Å². The number of allylic oxidation sites excluding steroid dienone is 8. The summed E-state index contributed by atoms with van der Waals surface area (Å²) in [7, 11) is 0. The Hall–Kier alpha value is -1.41. The highest BCUT2D eigenvalue weighted by Gasteiger charge is 2.09. The van der Waals surface area contributed by atoms with Crippen LogP contribution < -0.4 is 0 Å². The lowest BCUT2D eigenvalue weighted by atomic mass is 9.98. The van der Waals surface area contributed by atoms with Gasteiger partial charge in [0.2, 0.25) is 0 Å². The Morgan fingerprint density at radius 3 is 2.00 bits per heavy atom. The molecule has 0 unspecified atom stereocenters. The normalized spacial score (nSPS) is 14.3. The molecule has 134 valence electrons. The van der Waals surface area contributed by atoms with Crippen LogP contribution >= 0.6 is 11.6 Å². The van der Waals surface area contributed by atoms with E-state index in [0.717, 1.165) is 31.9 Å². The Bertz CT molecular complexity index is 536. The van der Waals surface area contributed by atoms with Crippen molar-refractivity contribution >= 4 is 23.6 Å². The summed E-state index contributed by atoms with van der Waals surface area (Å²) < 4.78 is 0. The van der Waals surface area contributed by atoms with Crippen LogP contribution in [0.5, 0.6) is 0 Å². The van der Waals surface area contributed by atoms with Crippen molar-refractivity contribution in [2.75, 3.05) is 5.88 Å². The van der Waals surface area contributed by atoms with Gasteiger partial charge in [-0.15, -0.1) is 11.6 Å². The topological polar surface area (TPSA) is 40.9 Å². The van der Waals surface area contributed by atoms with Gasteiger partial charge in [0.25, 0.3) is 0 Å². The molecule has 0 radical (unpaired) electrons. The molecule has 0 bridgehead atoms. The minimum absolute atomic E-state index is 0.134. The van der Waals surface area contributed by atoms with Gasteiger partial charge in [0.05, 0.1) is 6.21 Å². The van der Waals surface area contributed by atoms with E-state index in [1.807, 2.05) is 26.0 Å². The van der Waals surface area contributed by atoms with Gasteiger partial charge in [-0.05, 0) is 52.4 Å². The van der Waals surface area contributed by atoms with Crippen LogP contribution in [-0.2, 0) is 4.79 Å². The SMILES string of the molecule is CC(=CCCC(C)=CCCC(C)=CC=C(C(=O)C=N)C(C)C)CCl. The molecule has 0 aromatic carbocycles. The summed E-state index contributed by atoms with van der Waals surface area (Å²) in [6.45, 7) is 10.3. The molecule has 0 aromatic heterocycles. The summed E-state index contributed by atoms with van der Waals surface area (Å²) in [4.78, 5) is 11.7. The quantitative estimate of drug-likeness (QED) is 0.151. The molecular weight excluding hydrogens is 318 g/mol. The molecule has 2 nitrogen and oxygen atoms in total. The Balaban J connectivity index is 4.51. The third kappa shape index (κ3) is 10.4. The number of alkyl halides is 1. The lowest BCUT2D eigenvalue weighted by Gasteiger charge is -2.06. The van der Waals surface area contributed by atoms with Crippen molar-refractivity contribution in [3.63, 3.8) is 0 Å². The number of carbonyl (C=O) groups is 1. The van der Waals surface area contributed by atoms with E-state index < -0.39 is 0 Å². The Morgan fingerprint density at radius 2 is 1.50 bits per heavy atom. The van der Waals surface area contributed by atoms with E-state index in [-0.39, 0.29) is 11.7 Å². The Labute approximate surface area is 152 Å². The van der Waals surface area contributed by atoms with Gasteiger partial charge in [0, 0.05) is 11.5 Å². The van der Waals surface area contributed by atoms with Crippen LogP contribution in [0.15, 0.2) is 46.6 Å². The van der Waals surface area contributed by atoms with Gasteiger partial charge in [-0.2, -0.15) is 0 Å². The third-order valence-corrected chi connectivity index (χ3v) is 4.28. The fourth-order valence-electron chi connectivity index (χ4n) is 2.21. The minimum Gasteiger partial charge on any atom is -0.305 e. The minimum atomic E-state index is -0.204. The fourth-order valence-corrected chi connectivity index (χ4v) is 2.32. The maximum Gasteiger partial charge on any atom is 0.199 e. The van der Waals surface area contributed by atoms with Gasteiger partial charge in [0.1, 0.15) is 0 Å². The van der Waals surface area contributed by atoms with Crippen molar-refractivity contribution in [3.8, 4) is 0 Å². The van der Waals surface area contributed by atoms with Crippen molar-refractivity contribution in [2.24, 2.45) is 5.92 Å². The number of hydrogen-bond donors (Lipinski definition) is 1. The number of nitrogens with one attached hydrogen (secondary N) is 1. The summed E-state index contributed by atoms with van der Waals surface area (Å²) in [6, 6.07) is 0. The summed E-state index contributed by atoms with van der Waals surface area (Å²) >= 11 is 5.76. The van der Waals surface area contributed by atoms with Gasteiger partial charge < -0.3 is 5.41 Å². The summed E-state index contributed by atoms with van der Waals surface area (Å²) in [5.74, 6) is 0.541. The van der Waals surface area contributed by atoms with E-state index in [1.165, 1.54) is 16.7 Å². The zero-order chi connectivity index (χ0) is 18.5. The van der Waals surface area contributed by atoms with Crippen LogP contribution in [0.3, 0.4) is 0 Å². The average Bonchev–Trinajstić information content (AvgIpc) is 2.54. The molecule has 24 heavy (non-hydrogen) atoms. The number of halogens is 1. The highest BCUT2D eigenvalue weighted by molar-refractivity contribution is 6.34. The van der Waals surface area contributed by atoms with E-state index in [9.17, 15) is 4.79 Å². The highest BCUT2D eigenvalue weighted by Crippen LogP contribution is 2.14. The molecule has 0 aromatic rings. The van der Waals surface area contributed by atoms with E-state index in [1.54, 1.807) is 0 Å². The summed E-state index contributed by atoms with van der Waals surface area (Å²) in [5, 5.41) is 7.12. The molecule has 0 saturated carbocycles. The van der Waals surface area contributed by atoms with Crippen LogP contribution in [0.25, 0.3) is 0 Å². The van der Waals surface area contributed by atoms with Gasteiger partial charge in [-0.1, -0.05) is 54.9 Å². The van der Waals surface area contributed by atoms with E-state index in [2.05, 4.69) is 32.9 Å². The molecule has 0 saturated heterocycles. The highest BCUT2D eigenvalue weighted by atomic mass is 35.5. The van der Waals surface area contributed by atoms with E-state index in [4.69, 9.17) is 17.0 Å². The monoisotopic (exact) mass is 349 g/mol. The lowest BCUT2D eigenvalue weighted by Crippen LogP contribution is -2.08. The van der Waals surface area contributed by atoms with Gasteiger partial charge in [0.15, 0.2) is 5.78 Å². The molecule has 0 aliphatic heterocycles. The molecule has 0 heterocycles. The van der Waals surface area contributed by atoms with Crippen molar-refractivity contribution in [1.82, 2.24) is 0 Å². The molecule has 0 atom stereocenters. The molecule has 0 aliphatic carbocycles. The predicted molar refractivity (Wildman–Crippen MR) is 107 cm³/mol. The standard InChI is InChI=1S/C21H32ClNO/c1-16(2)20(21(24)15-23)13-12-18(4)10-6-8-17(3)9-7-11-19(5)14-22/h8,11-13,15-16,23H,6-7,9-10,14H2,1-5H3. The zero-order valence-corrected chi connectivity index (χ0v) is 16.5. The lowest BCUT2D eigenvalue weighted by molar-refractivity contribution is -0.109. The molecule has 0 aliphatic rings. The number of ketones is 1. The average molecular weight is 350 g/mol. The second-order valence-corrected chi connectivity index (χ2v) is 6.88.